The summed E-state index contributed by atoms with van der Waals surface area (Å²) in [5.41, 5.74) is 0.476. The summed E-state index contributed by atoms with van der Waals surface area (Å²) in [5, 5.41) is 2.88. The average molecular weight is 293 g/mol. The van der Waals surface area contributed by atoms with E-state index in [2.05, 4.69) is 5.32 Å². The largest absolute Gasteiger partial charge is 0.382 e. The second-order valence-corrected chi connectivity index (χ2v) is 5.09. The minimum absolute atomic E-state index is 0.0391. The summed E-state index contributed by atoms with van der Waals surface area (Å²) >= 11 is 0. The van der Waals surface area contributed by atoms with Gasteiger partial charge in [-0.15, -0.1) is 0 Å². The van der Waals surface area contributed by atoms with Gasteiger partial charge in [-0.25, -0.2) is 4.39 Å². The molecule has 0 radical (unpaired) electrons. The minimum atomic E-state index is -0.457. The van der Waals surface area contributed by atoms with E-state index in [1.807, 2.05) is 6.92 Å². The number of likely N-dealkylation sites (N-methyl/N-ethyl adjacent to an activating group) is 1. The second-order valence-electron chi connectivity index (χ2n) is 5.09. The summed E-state index contributed by atoms with van der Waals surface area (Å²) in [4.78, 5) is 27.6. The first-order valence-electron chi connectivity index (χ1n) is 7.10. The van der Waals surface area contributed by atoms with Gasteiger partial charge in [0.25, 0.3) is 5.91 Å². The fraction of sp³-hybridized carbons (Fsp3) is 0.467. The van der Waals surface area contributed by atoms with Crippen LogP contribution in [-0.2, 0) is 4.79 Å². The third kappa shape index (κ3) is 3.32. The molecule has 1 aliphatic rings. The lowest BCUT2D eigenvalue weighted by Gasteiger charge is -2.21. The number of nitrogens with zero attached hydrogens (tertiary/aromatic N) is 2. The number of rotatable bonds is 3. The average Bonchev–Trinajstić information content (AvgIpc) is 2.63. The van der Waals surface area contributed by atoms with Gasteiger partial charge in [-0.3, -0.25) is 9.59 Å². The number of carbonyl (C=O) groups is 2. The van der Waals surface area contributed by atoms with Gasteiger partial charge in [0.2, 0.25) is 5.91 Å². The molecule has 0 spiro atoms. The van der Waals surface area contributed by atoms with Gasteiger partial charge < -0.3 is 15.1 Å². The van der Waals surface area contributed by atoms with Gasteiger partial charge in [0.1, 0.15) is 12.4 Å². The number of hydrogen-bond acceptors (Lipinski definition) is 3. The second kappa shape index (κ2) is 6.56. The van der Waals surface area contributed by atoms with E-state index in [9.17, 15) is 14.0 Å². The van der Waals surface area contributed by atoms with Crippen LogP contribution in [0, 0.1) is 5.82 Å². The molecule has 0 atom stereocenters. The van der Waals surface area contributed by atoms with Crippen molar-refractivity contribution < 1.29 is 14.0 Å². The topological polar surface area (TPSA) is 52.7 Å². The Balaban J connectivity index is 2.27. The van der Waals surface area contributed by atoms with Crippen molar-refractivity contribution in [1.29, 1.82) is 0 Å². The first kappa shape index (κ1) is 15.3. The van der Waals surface area contributed by atoms with Crippen molar-refractivity contribution in [2.24, 2.45) is 0 Å². The van der Waals surface area contributed by atoms with Crippen LogP contribution in [0.1, 0.15) is 23.7 Å². The molecular formula is C15H20FN3O2. The first-order chi connectivity index (χ1) is 10.0. The van der Waals surface area contributed by atoms with E-state index in [0.717, 1.165) is 6.42 Å². The normalized spacial score (nSPS) is 15.9. The zero-order chi connectivity index (χ0) is 15.4. The molecule has 1 N–H and O–H groups in total. The van der Waals surface area contributed by atoms with E-state index in [-0.39, 0.29) is 29.6 Å². The van der Waals surface area contributed by atoms with Gasteiger partial charge >= 0.3 is 0 Å². The highest BCUT2D eigenvalue weighted by molar-refractivity contribution is 6.01. The van der Waals surface area contributed by atoms with Crippen LogP contribution in [-0.4, -0.2) is 54.8 Å². The zero-order valence-electron chi connectivity index (χ0n) is 12.4. The van der Waals surface area contributed by atoms with Gasteiger partial charge in [0.05, 0.1) is 11.3 Å². The number of carbonyl (C=O) groups excluding carboxylic acids is 2. The van der Waals surface area contributed by atoms with E-state index in [1.165, 1.54) is 17.0 Å². The number of amides is 2. The lowest BCUT2D eigenvalue weighted by atomic mass is 10.1. The molecule has 21 heavy (non-hydrogen) atoms. The Morgan fingerprint density at radius 2 is 2.14 bits per heavy atom. The van der Waals surface area contributed by atoms with Crippen LogP contribution in [0.15, 0.2) is 18.2 Å². The van der Waals surface area contributed by atoms with Crippen molar-refractivity contribution in [3.8, 4) is 0 Å². The number of anilines is 1. The molecule has 0 aromatic heterocycles. The monoisotopic (exact) mass is 293 g/mol. The number of hydrogen-bond donors (Lipinski definition) is 1. The van der Waals surface area contributed by atoms with Crippen molar-refractivity contribution in [2.45, 2.75) is 13.3 Å². The summed E-state index contributed by atoms with van der Waals surface area (Å²) in [5.74, 6) is -0.864. The lowest BCUT2D eigenvalue weighted by Crippen LogP contribution is -2.38. The van der Waals surface area contributed by atoms with E-state index in [1.54, 1.807) is 18.0 Å². The van der Waals surface area contributed by atoms with Gasteiger partial charge in [0.15, 0.2) is 0 Å². The fourth-order valence-corrected chi connectivity index (χ4v) is 2.39. The van der Waals surface area contributed by atoms with E-state index >= 15 is 0 Å². The zero-order valence-corrected chi connectivity index (χ0v) is 12.4. The number of halogens is 1. The first-order valence-corrected chi connectivity index (χ1v) is 7.10. The lowest BCUT2D eigenvalue weighted by molar-refractivity contribution is -0.129. The standard InChI is InChI=1S/C15H20FN3O2/c1-3-17-14-11(6-4-7-12(14)16)15(21)19-9-5-8-18(2)13(20)10-19/h4,6-7,17H,3,5,8-10H2,1-2H3. The number of benzene rings is 1. The van der Waals surface area contributed by atoms with Crippen LogP contribution in [0.25, 0.3) is 0 Å². The predicted molar refractivity (Wildman–Crippen MR) is 78.7 cm³/mol. The summed E-state index contributed by atoms with van der Waals surface area (Å²) in [6.07, 6.45) is 0.722. The van der Waals surface area contributed by atoms with Crippen molar-refractivity contribution in [3.05, 3.63) is 29.6 Å². The number of nitrogens with one attached hydrogen (secondary N) is 1. The van der Waals surface area contributed by atoms with Crippen molar-refractivity contribution in [1.82, 2.24) is 9.80 Å². The Bertz CT molecular complexity index is 548. The Kier molecular flexibility index (Phi) is 4.77. The van der Waals surface area contributed by atoms with Gasteiger partial charge in [-0.1, -0.05) is 6.07 Å². The van der Waals surface area contributed by atoms with Gasteiger partial charge in [0, 0.05) is 26.7 Å². The molecule has 6 heteroatoms. The molecule has 0 bridgehead atoms. The fourth-order valence-electron chi connectivity index (χ4n) is 2.39. The smallest absolute Gasteiger partial charge is 0.256 e. The predicted octanol–water partition coefficient (Wildman–Crippen LogP) is 1.56. The van der Waals surface area contributed by atoms with E-state index in [0.29, 0.717) is 19.6 Å². The maximum absolute atomic E-state index is 13.9. The molecular weight excluding hydrogens is 273 g/mol. The highest BCUT2D eigenvalue weighted by Crippen LogP contribution is 2.22. The van der Waals surface area contributed by atoms with E-state index < -0.39 is 5.82 Å². The maximum atomic E-state index is 13.9. The molecule has 5 nitrogen and oxygen atoms in total. The molecule has 1 aliphatic heterocycles. The molecule has 0 saturated carbocycles. The highest BCUT2D eigenvalue weighted by Gasteiger charge is 2.26. The van der Waals surface area contributed by atoms with Gasteiger partial charge in [-0.05, 0) is 25.5 Å². The van der Waals surface area contributed by atoms with Crippen molar-refractivity contribution >= 4 is 17.5 Å². The van der Waals surface area contributed by atoms with Crippen LogP contribution in [0.3, 0.4) is 0 Å². The van der Waals surface area contributed by atoms with Crippen LogP contribution >= 0.6 is 0 Å². The summed E-state index contributed by atoms with van der Waals surface area (Å²) in [6.45, 7) is 3.52. The molecule has 0 unspecified atom stereocenters. The molecule has 1 heterocycles. The summed E-state index contributed by atoms with van der Waals surface area (Å²) in [7, 11) is 1.72. The Morgan fingerprint density at radius 3 is 2.86 bits per heavy atom. The van der Waals surface area contributed by atoms with Crippen LogP contribution in [0.5, 0.6) is 0 Å². The highest BCUT2D eigenvalue weighted by atomic mass is 19.1. The quantitative estimate of drug-likeness (QED) is 0.920. The SMILES string of the molecule is CCNc1c(F)cccc1C(=O)N1CCCN(C)C(=O)C1. The molecule has 2 amide bonds. The third-order valence-corrected chi connectivity index (χ3v) is 3.56. The maximum Gasteiger partial charge on any atom is 0.256 e. The molecule has 114 valence electrons. The van der Waals surface area contributed by atoms with Crippen LogP contribution in [0.4, 0.5) is 10.1 Å². The van der Waals surface area contributed by atoms with Crippen molar-refractivity contribution in [3.63, 3.8) is 0 Å². The molecule has 0 aliphatic carbocycles. The molecule has 1 aromatic rings. The summed E-state index contributed by atoms with van der Waals surface area (Å²) in [6, 6.07) is 4.41. The van der Waals surface area contributed by atoms with Gasteiger partial charge in [-0.2, -0.15) is 0 Å². The van der Waals surface area contributed by atoms with Crippen molar-refractivity contribution in [2.75, 3.05) is 38.5 Å². The molecule has 1 fully saturated rings. The third-order valence-electron chi connectivity index (χ3n) is 3.56. The summed E-state index contributed by atoms with van der Waals surface area (Å²) < 4.78 is 13.9. The Hall–Kier alpha value is -2.11. The Morgan fingerprint density at radius 1 is 1.38 bits per heavy atom. The van der Waals surface area contributed by atoms with Crippen LogP contribution in [0.2, 0.25) is 0 Å². The minimum Gasteiger partial charge on any atom is -0.382 e. The molecule has 1 saturated heterocycles. The molecule has 2 rings (SSSR count). The van der Waals surface area contributed by atoms with Crippen LogP contribution < -0.4 is 5.32 Å². The number of para-hydroxylation sites is 1. The molecule has 1 aromatic carbocycles. The Labute approximate surface area is 123 Å². The van der Waals surface area contributed by atoms with E-state index in [4.69, 9.17) is 0 Å².